The van der Waals surface area contributed by atoms with Gasteiger partial charge in [0.05, 0.1) is 0 Å². The lowest BCUT2D eigenvalue weighted by Gasteiger charge is -2.07. The number of amides is 2. The first-order valence-corrected chi connectivity index (χ1v) is 5.52. The number of anilines is 1. The van der Waals surface area contributed by atoms with Crippen LogP contribution in [0.2, 0.25) is 0 Å². The average Bonchev–Trinajstić information content (AvgIpc) is 2.34. The van der Waals surface area contributed by atoms with Gasteiger partial charge in [0, 0.05) is 18.8 Å². The van der Waals surface area contributed by atoms with Gasteiger partial charge in [0.1, 0.15) is 0 Å². The Morgan fingerprint density at radius 1 is 1.06 bits per heavy atom. The van der Waals surface area contributed by atoms with Crippen molar-refractivity contribution >= 4 is 22.5 Å². The number of hydrogen-bond acceptors (Lipinski definition) is 2. The molecule has 0 aliphatic heterocycles. The molecule has 0 bridgehead atoms. The number of urea groups is 1. The molecule has 0 aliphatic rings. The van der Waals surface area contributed by atoms with Crippen LogP contribution in [0.4, 0.5) is 10.5 Å². The molecule has 4 nitrogen and oxygen atoms in total. The molecule has 0 aliphatic carbocycles. The molecule has 88 valence electrons. The first-order valence-electron chi connectivity index (χ1n) is 5.52. The Kier molecular flexibility index (Phi) is 3.45. The summed E-state index contributed by atoms with van der Waals surface area (Å²) in [5.74, 6) is 0. The lowest BCUT2D eigenvalue weighted by atomic mass is 10.1. The maximum absolute atomic E-state index is 10.5. The van der Waals surface area contributed by atoms with Crippen LogP contribution in [0.3, 0.4) is 0 Å². The summed E-state index contributed by atoms with van der Waals surface area (Å²) in [6.45, 7) is 1.17. The van der Waals surface area contributed by atoms with Crippen LogP contribution in [0, 0.1) is 0 Å². The van der Waals surface area contributed by atoms with Gasteiger partial charge < -0.3 is 16.4 Å². The molecule has 0 aromatic heterocycles. The number of benzene rings is 2. The number of nitrogens with two attached hydrogens (primary N) is 1. The van der Waals surface area contributed by atoms with E-state index in [1.807, 2.05) is 18.2 Å². The molecule has 4 heteroatoms. The minimum atomic E-state index is -0.495. The van der Waals surface area contributed by atoms with Crippen LogP contribution < -0.4 is 16.4 Å². The summed E-state index contributed by atoms with van der Waals surface area (Å²) >= 11 is 0. The van der Waals surface area contributed by atoms with Crippen molar-refractivity contribution in [2.45, 2.75) is 0 Å². The van der Waals surface area contributed by atoms with Crippen LogP contribution in [-0.2, 0) is 0 Å². The van der Waals surface area contributed by atoms with Crippen molar-refractivity contribution in [3.05, 3.63) is 42.5 Å². The SMILES string of the molecule is NC(=O)NCCNc1ccc2ccccc2c1. The molecule has 0 radical (unpaired) electrons. The van der Waals surface area contributed by atoms with Crippen molar-refractivity contribution in [3.63, 3.8) is 0 Å². The Hall–Kier alpha value is -2.23. The van der Waals surface area contributed by atoms with Crippen molar-refractivity contribution < 1.29 is 4.79 Å². The molecule has 0 fully saturated rings. The van der Waals surface area contributed by atoms with Gasteiger partial charge in [-0.2, -0.15) is 0 Å². The molecule has 2 aromatic carbocycles. The van der Waals surface area contributed by atoms with Crippen molar-refractivity contribution in [2.24, 2.45) is 5.73 Å². The third kappa shape index (κ3) is 3.11. The highest BCUT2D eigenvalue weighted by Crippen LogP contribution is 2.18. The molecule has 0 spiro atoms. The quantitative estimate of drug-likeness (QED) is 0.701. The predicted octanol–water partition coefficient (Wildman–Crippen LogP) is 1.92. The molecular weight excluding hydrogens is 214 g/mol. The zero-order chi connectivity index (χ0) is 12.1. The van der Waals surface area contributed by atoms with Crippen molar-refractivity contribution in [3.8, 4) is 0 Å². The van der Waals surface area contributed by atoms with Crippen LogP contribution >= 0.6 is 0 Å². The average molecular weight is 229 g/mol. The van der Waals surface area contributed by atoms with Gasteiger partial charge in [0.15, 0.2) is 0 Å². The molecule has 0 saturated carbocycles. The number of primary amides is 1. The topological polar surface area (TPSA) is 67.2 Å². The van der Waals surface area contributed by atoms with Crippen molar-refractivity contribution in [2.75, 3.05) is 18.4 Å². The van der Waals surface area contributed by atoms with Gasteiger partial charge in [0.2, 0.25) is 0 Å². The van der Waals surface area contributed by atoms with Gasteiger partial charge in [-0.25, -0.2) is 4.79 Å². The minimum Gasteiger partial charge on any atom is -0.383 e. The van der Waals surface area contributed by atoms with Gasteiger partial charge in [0.25, 0.3) is 0 Å². The van der Waals surface area contributed by atoms with E-state index in [1.54, 1.807) is 0 Å². The Balaban J connectivity index is 1.97. The number of hydrogen-bond donors (Lipinski definition) is 3. The highest BCUT2D eigenvalue weighted by atomic mass is 16.2. The zero-order valence-electron chi connectivity index (χ0n) is 9.44. The van der Waals surface area contributed by atoms with E-state index in [1.165, 1.54) is 10.8 Å². The van der Waals surface area contributed by atoms with Gasteiger partial charge >= 0.3 is 6.03 Å². The first kappa shape index (κ1) is 11.3. The number of fused-ring (bicyclic) bond motifs is 1. The molecule has 2 amide bonds. The fraction of sp³-hybridized carbons (Fsp3) is 0.154. The molecular formula is C13H15N3O. The minimum absolute atomic E-state index is 0.495. The molecule has 0 saturated heterocycles. The van der Waals surface area contributed by atoms with E-state index >= 15 is 0 Å². The summed E-state index contributed by atoms with van der Waals surface area (Å²) in [6, 6.07) is 13.9. The van der Waals surface area contributed by atoms with Gasteiger partial charge in [-0.15, -0.1) is 0 Å². The van der Waals surface area contributed by atoms with Crippen molar-refractivity contribution in [1.82, 2.24) is 5.32 Å². The van der Waals surface area contributed by atoms with E-state index in [9.17, 15) is 4.79 Å². The van der Waals surface area contributed by atoms with Crippen molar-refractivity contribution in [1.29, 1.82) is 0 Å². The predicted molar refractivity (Wildman–Crippen MR) is 70.0 cm³/mol. The largest absolute Gasteiger partial charge is 0.383 e. The highest BCUT2D eigenvalue weighted by Gasteiger charge is 1.95. The first-order chi connectivity index (χ1) is 8.25. The summed E-state index contributed by atoms with van der Waals surface area (Å²) in [6.07, 6.45) is 0. The molecule has 0 heterocycles. The van der Waals surface area contributed by atoms with E-state index in [4.69, 9.17) is 5.73 Å². The normalized spacial score (nSPS) is 10.1. The van der Waals surface area contributed by atoms with E-state index in [0.29, 0.717) is 13.1 Å². The number of carbonyl (C=O) groups is 1. The van der Waals surface area contributed by atoms with Gasteiger partial charge in [-0.3, -0.25) is 0 Å². The zero-order valence-corrected chi connectivity index (χ0v) is 9.44. The molecule has 4 N–H and O–H groups in total. The van der Waals surface area contributed by atoms with Crippen LogP contribution in [0.1, 0.15) is 0 Å². The Morgan fingerprint density at radius 2 is 1.82 bits per heavy atom. The van der Waals surface area contributed by atoms with E-state index in [2.05, 4.69) is 34.9 Å². The Labute approximate surface area is 99.8 Å². The lowest BCUT2D eigenvalue weighted by molar-refractivity contribution is 0.249. The smallest absolute Gasteiger partial charge is 0.312 e. The molecule has 2 aromatic rings. The number of nitrogens with one attached hydrogen (secondary N) is 2. The third-order valence-corrected chi connectivity index (χ3v) is 2.50. The fourth-order valence-corrected chi connectivity index (χ4v) is 1.69. The van der Waals surface area contributed by atoms with Crippen LogP contribution in [0.25, 0.3) is 10.8 Å². The number of rotatable bonds is 4. The molecule has 2 rings (SSSR count). The summed E-state index contributed by atoms with van der Waals surface area (Å²) < 4.78 is 0. The third-order valence-electron chi connectivity index (χ3n) is 2.50. The monoisotopic (exact) mass is 229 g/mol. The van der Waals surface area contributed by atoms with Crippen LogP contribution in [0.5, 0.6) is 0 Å². The highest BCUT2D eigenvalue weighted by molar-refractivity contribution is 5.85. The van der Waals surface area contributed by atoms with E-state index < -0.39 is 6.03 Å². The fourth-order valence-electron chi connectivity index (χ4n) is 1.69. The lowest BCUT2D eigenvalue weighted by Crippen LogP contribution is -2.33. The standard InChI is InChI=1S/C13H15N3O/c14-13(17)16-8-7-15-12-6-5-10-3-1-2-4-11(10)9-12/h1-6,9,15H,7-8H2,(H3,14,16,17). The van der Waals surface area contributed by atoms with Crippen LogP contribution in [-0.4, -0.2) is 19.1 Å². The second kappa shape index (κ2) is 5.21. The Morgan fingerprint density at radius 3 is 2.59 bits per heavy atom. The van der Waals surface area contributed by atoms with Crippen LogP contribution in [0.15, 0.2) is 42.5 Å². The van der Waals surface area contributed by atoms with E-state index in [-0.39, 0.29) is 0 Å². The summed E-state index contributed by atoms with van der Waals surface area (Å²) in [7, 11) is 0. The second-order valence-electron chi connectivity index (χ2n) is 3.78. The van der Waals surface area contributed by atoms with E-state index in [0.717, 1.165) is 5.69 Å². The number of carbonyl (C=O) groups excluding carboxylic acids is 1. The maximum Gasteiger partial charge on any atom is 0.312 e. The van der Waals surface area contributed by atoms with Gasteiger partial charge in [-0.05, 0) is 22.9 Å². The second-order valence-corrected chi connectivity index (χ2v) is 3.78. The summed E-state index contributed by atoms with van der Waals surface area (Å²) in [5.41, 5.74) is 6.01. The molecule has 0 unspecified atom stereocenters. The summed E-state index contributed by atoms with van der Waals surface area (Å²) in [5, 5.41) is 8.16. The molecule has 0 atom stereocenters. The molecule has 17 heavy (non-hydrogen) atoms. The summed E-state index contributed by atoms with van der Waals surface area (Å²) in [4.78, 5) is 10.5. The Bertz CT molecular complexity index is 525. The van der Waals surface area contributed by atoms with Gasteiger partial charge in [-0.1, -0.05) is 30.3 Å². The maximum atomic E-state index is 10.5.